The molecule has 1 spiro atoms. The van der Waals surface area contributed by atoms with E-state index in [0.717, 1.165) is 25.7 Å². The van der Waals surface area contributed by atoms with Gasteiger partial charge in [0.1, 0.15) is 18.3 Å². The van der Waals surface area contributed by atoms with Gasteiger partial charge >= 0.3 is 5.97 Å². The number of rotatable bonds is 2. The molecule has 1 aliphatic heterocycles. The molecular weight excluding hydrogens is 356 g/mol. The fourth-order valence-electron chi connectivity index (χ4n) is 7.65. The van der Waals surface area contributed by atoms with Gasteiger partial charge in [-0.15, -0.1) is 0 Å². The van der Waals surface area contributed by atoms with Crippen LogP contribution in [0, 0.1) is 28.6 Å². The van der Waals surface area contributed by atoms with Crippen molar-refractivity contribution in [1.82, 2.24) is 0 Å². The van der Waals surface area contributed by atoms with Crippen LogP contribution in [0.4, 0.5) is 0 Å². The molecule has 1 heterocycles. The van der Waals surface area contributed by atoms with E-state index >= 15 is 0 Å². The summed E-state index contributed by atoms with van der Waals surface area (Å²) in [6.07, 6.45) is 9.79. The zero-order valence-corrected chi connectivity index (χ0v) is 16.9. The lowest BCUT2D eigenvalue weighted by molar-refractivity contribution is -0.141. The average molecular weight is 386 g/mol. The number of allylic oxidation sites excluding steroid dienone is 4. The molecule has 5 rings (SSSR count). The summed E-state index contributed by atoms with van der Waals surface area (Å²) in [5.74, 6) is 0.864. The molecule has 4 fully saturated rings. The van der Waals surface area contributed by atoms with E-state index in [1.54, 1.807) is 12.2 Å². The number of ether oxygens (including phenoxy) is 2. The minimum Gasteiger partial charge on any atom is -0.463 e. The molecular formula is C23H30O5. The quantitative estimate of drug-likeness (QED) is 0.583. The summed E-state index contributed by atoms with van der Waals surface area (Å²) < 4.78 is 11.4. The summed E-state index contributed by atoms with van der Waals surface area (Å²) in [5, 5.41) is 11.4. The molecule has 1 N–H and O–H groups in total. The van der Waals surface area contributed by atoms with Crippen molar-refractivity contribution in [3.63, 3.8) is 0 Å². The van der Waals surface area contributed by atoms with Crippen molar-refractivity contribution < 1.29 is 24.2 Å². The van der Waals surface area contributed by atoms with Crippen molar-refractivity contribution in [2.45, 2.75) is 70.7 Å². The Morgan fingerprint density at radius 3 is 2.89 bits per heavy atom. The standard InChI is InChI=1S/C23H30O5/c1-13(24)27-12-19-23(28-19)9-7-17-16-5-4-14-10-15(25)6-8-21(14,2)20(16)18(26)11-22(17,23)3/h6,8,10,16-20,26H,4-5,7,9,11-12H2,1-3H3/t16-,17-,18-,19+,20+,21-,22-,23-/m0/s1. The monoisotopic (exact) mass is 386 g/mol. The van der Waals surface area contributed by atoms with Gasteiger partial charge in [0.05, 0.1) is 6.10 Å². The van der Waals surface area contributed by atoms with Crippen LogP contribution in [0.2, 0.25) is 0 Å². The Kier molecular flexibility index (Phi) is 3.84. The van der Waals surface area contributed by atoms with Gasteiger partial charge in [0.2, 0.25) is 0 Å². The van der Waals surface area contributed by atoms with Crippen molar-refractivity contribution in [3.8, 4) is 0 Å². The summed E-state index contributed by atoms with van der Waals surface area (Å²) in [6, 6.07) is 0. The van der Waals surface area contributed by atoms with E-state index in [0.29, 0.717) is 24.9 Å². The highest BCUT2D eigenvalue weighted by Gasteiger charge is 2.75. The lowest BCUT2D eigenvalue weighted by Crippen LogP contribution is -2.57. The van der Waals surface area contributed by atoms with E-state index in [1.165, 1.54) is 12.5 Å². The molecule has 0 bridgehead atoms. The molecule has 5 nitrogen and oxygen atoms in total. The van der Waals surface area contributed by atoms with Crippen LogP contribution in [0.15, 0.2) is 23.8 Å². The molecule has 0 radical (unpaired) electrons. The summed E-state index contributed by atoms with van der Waals surface area (Å²) in [4.78, 5) is 23.1. The zero-order valence-electron chi connectivity index (χ0n) is 16.9. The smallest absolute Gasteiger partial charge is 0.302 e. The third kappa shape index (κ3) is 2.26. The molecule has 5 heteroatoms. The molecule has 0 amide bonds. The van der Waals surface area contributed by atoms with Gasteiger partial charge in [-0.1, -0.05) is 25.5 Å². The fourth-order valence-corrected chi connectivity index (χ4v) is 7.65. The van der Waals surface area contributed by atoms with Crippen molar-refractivity contribution in [3.05, 3.63) is 23.8 Å². The second-order valence-corrected chi connectivity index (χ2v) is 10.0. The Bertz CT molecular complexity index is 799. The Morgan fingerprint density at radius 2 is 2.14 bits per heavy atom. The number of epoxide rings is 1. The highest BCUT2D eigenvalue weighted by Crippen LogP contribution is 2.72. The highest BCUT2D eigenvalue weighted by molar-refractivity contribution is 6.01. The maximum absolute atomic E-state index is 11.9. The largest absolute Gasteiger partial charge is 0.463 e. The summed E-state index contributed by atoms with van der Waals surface area (Å²) >= 11 is 0. The van der Waals surface area contributed by atoms with Gasteiger partial charge < -0.3 is 14.6 Å². The first kappa shape index (κ1) is 18.6. The summed E-state index contributed by atoms with van der Waals surface area (Å²) in [7, 11) is 0. The van der Waals surface area contributed by atoms with Gasteiger partial charge in [-0.3, -0.25) is 9.59 Å². The number of fused-ring (bicyclic) bond motifs is 6. The second-order valence-electron chi connectivity index (χ2n) is 10.0. The van der Waals surface area contributed by atoms with Crippen LogP contribution in [0.5, 0.6) is 0 Å². The lowest BCUT2D eigenvalue weighted by atomic mass is 9.46. The topological polar surface area (TPSA) is 76.1 Å². The zero-order chi connectivity index (χ0) is 19.9. The SMILES string of the molecule is CC(=O)OC[C@H]1O[C@@]12CC[C@H]1[C@@H]3CCC4=CC(=O)C=C[C@]4(C)[C@H]3[C@@H](O)C[C@@]12C. The minimum absolute atomic E-state index is 0.0445. The lowest BCUT2D eigenvalue weighted by Gasteiger charge is -2.58. The van der Waals surface area contributed by atoms with E-state index in [-0.39, 0.29) is 40.2 Å². The predicted octanol–water partition coefficient (Wildman–Crippen LogP) is 2.97. The van der Waals surface area contributed by atoms with Crippen molar-refractivity contribution >= 4 is 11.8 Å². The van der Waals surface area contributed by atoms with Crippen LogP contribution in [-0.2, 0) is 19.1 Å². The van der Waals surface area contributed by atoms with Crippen molar-refractivity contribution in [2.75, 3.05) is 6.61 Å². The van der Waals surface area contributed by atoms with Crippen LogP contribution in [0.3, 0.4) is 0 Å². The summed E-state index contributed by atoms with van der Waals surface area (Å²) in [5.41, 5.74) is 0.611. The number of carbonyl (C=O) groups excluding carboxylic acids is 2. The van der Waals surface area contributed by atoms with E-state index in [4.69, 9.17) is 9.47 Å². The van der Waals surface area contributed by atoms with E-state index < -0.39 is 6.10 Å². The second kappa shape index (κ2) is 5.79. The minimum atomic E-state index is -0.425. The Morgan fingerprint density at radius 1 is 1.36 bits per heavy atom. The van der Waals surface area contributed by atoms with Crippen molar-refractivity contribution in [2.24, 2.45) is 28.6 Å². The molecule has 152 valence electrons. The van der Waals surface area contributed by atoms with Crippen LogP contribution in [-0.4, -0.2) is 41.3 Å². The van der Waals surface area contributed by atoms with Crippen LogP contribution in [0.25, 0.3) is 0 Å². The van der Waals surface area contributed by atoms with Crippen LogP contribution >= 0.6 is 0 Å². The fraction of sp³-hybridized carbons (Fsp3) is 0.739. The van der Waals surface area contributed by atoms with Gasteiger partial charge in [0.25, 0.3) is 0 Å². The number of ketones is 1. The molecule has 8 atom stereocenters. The van der Waals surface area contributed by atoms with Gasteiger partial charge in [0, 0.05) is 23.7 Å². The van der Waals surface area contributed by atoms with Gasteiger partial charge in [-0.25, -0.2) is 0 Å². The number of hydrogen-bond donors (Lipinski definition) is 1. The Balaban J connectivity index is 1.44. The van der Waals surface area contributed by atoms with Crippen LogP contribution < -0.4 is 0 Å². The first-order valence-electron chi connectivity index (χ1n) is 10.6. The third-order valence-corrected chi connectivity index (χ3v) is 8.93. The van der Waals surface area contributed by atoms with E-state index in [1.807, 2.05) is 0 Å². The maximum Gasteiger partial charge on any atom is 0.302 e. The number of aliphatic hydroxyl groups is 1. The number of carbonyl (C=O) groups is 2. The molecule has 5 aliphatic rings. The molecule has 3 saturated carbocycles. The van der Waals surface area contributed by atoms with E-state index in [9.17, 15) is 14.7 Å². The first-order valence-corrected chi connectivity index (χ1v) is 10.6. The Hall–Kier alpha value is -1.46. The van der Waals surface area contributed by atoms with Crippen LogP contribution in [0.1, 0.15) is 52.9 Å². The molecule has 28 heavy (non-hydrogen) atoms. The molecule has 1 saturated heterocycles. The number of esters is 1. The normalized spacial score (nSPS) is 51.2. The predicted molar refractivity (Wildman–Crippen MR) is 102 cm³/mol. The first-order chi connectivity index (χ1) is 13.2. The molecule has 0 aromatic carbocycles. The summed E-state index contributed by atoms with van der Waals surface area (Å²) in [6.45, 7) is 6.23. The highest BCUT2D eigenvalue weighted by atomic mass is 16.6. The molecule has 4 aliphatic carbocycles. The van der Waals surface area contributed by atoms with Gasteiger partial charge in [0.15, 0.2) is 5.78 Å². The molecule has 0 aromatic rings. The van der Waals surface area contributed by atoms with Gasteiger partial charge in [-0.2, -0.15) is 0 Å². The van der Waals surface area contributed by atoms with Crippen molar-refractivity contribution in [1.29, 1.82) is 0 Å². The number of aliphatic hydroxyl groups excluding tert-OH is 1. The Labute approximate surface area is 166 Å². The third-order valence-electron chi connectivity index (χ3n) is 8.93. The molecule has 0 unspecified atom stereocenters. The average Bonchev–Trinajstić information content (AvgIpc) is 3.27. The van der Waals surface area contributed by atoms with Gasteiger partial charge in [-0.05, 0) is 56.1 Å². The maximum atomic E-state index is 11.9. The van der Waals surface area contributed by atoms with E-state index in [2.05, 4.69) is 19.9 Å². The molecule has 0 aromatic heterocycles. The number of hydrogen-bond acceptors (Lipinski definition) is 5.